The lowest BCUT2D eigenvalue weighted by Gasteiger charge is -2.07. The zero-order valence-electron chi connectivity index (χ0n) is 10.0. The van der Waals surface area contributed by atoms with E-state index < -0.39 is 0 Å². The van der Waals surface area contributed by atoms with Crippen LogP contribution in [0.3, 0.4) is 0 Å². The van der Waals surface area contributed by atoms with Gasteiger partial charge in [-0.25, -0.2) is 15.0 Å². The van der Waals surface area contributed by atoms with E-state index in [-0.39, 0.29) is 0 Å². The molecule has 0 radical (unpaired) electrons. The van der Waals surface area contributed by atoms with Crippen LogP contribution in [0.4, 0.5) is 5.82 Å². The van der Waals surface area contributed by atoms with Crippen LogP contribution in [0.5, 0.6) is 0 Å². The second-order valence-corrected chi connectivity index (χ2v) is 4.09. The number of anilines is 1. The number of hydrogen-bond donors (Lipinski definition) is 2. The summed E-state index contributed by atoms with van der Waals surface area (Å²) < 4.78 is 0. The van der Waals surface area contributed by atoms with E-state index in [1.54, 1.807) is 6.33 Å². The van der Waals surface area contributed by atoms with Crippen molar-refractivity contribution in [2.24, 2.45) is 0 Å². The van der Waals surface area contributed by atoms with Crippen molar-refractivity contribution in [1.82, 2.24) is 25.1 Å². The van der Waals surface area contributed by atoms with Gasteiger partial charge in [-0.3, -0.25) is 5.10 Å². The van der Waals surface area contributed by atoms with E-state index in [1.807, 2.05) is 6.07 Å². The van der Waals surface area contributed by atoms with Crippen LogP contribution in [-0.4, -0.2) is 31.7 Å². The SMILES string of the molecule is CC(C)c1cc(NCCc2ncn[nH]2)ncn1. The van der Waals surface area contributed by atoms with Crippen LogP contribution in [-0.2, 0) is 6.42 Å². The number of aromatic nitrogens is 5. The minimum Gasteiger partial charge on any atom is -0.370 e. The standard InChI is InChI=1S/C11H16N6/c1-8(2)9-5-11(14-6-13-9)12-4-3-10-15-7-16-17-10/h5-8H,3-4H2,1-2H3,(H,12,13,14)(H,15,16,17). The Bertz CT molecular complexity index is 451. The lowest BCUT2D eigenvalue weighted by molar-refractivity contribution is 0.812. The molecule has 0 saturated carbocycles. The van der Waals surface area contributed by atoms with Crippen LogP contribution >= 0.6 is 0 Å². The summed E-state index contributed by atoms with van der Waals surface area (Å²) >= 11 is 0. The fourth-order valence-electron chi connectivity index (χ4n) is 1.44. The Labute approximate surface area is 99.9 Å². The van der Waals surface area contributed by atoms with Gasteiger partial charge in [0.1, 0.15) is 24.3 Å². The summed E-state index contributed by atoms with van der Waals surface area (Å²) in [6, 6.07) is 1.98. The van der Waals surface area contributed by atoms with E-state index in [0.29, 0.717) is 5.92 Å². The predicted molar refractivity (Wildman–Crippen MR) is 64.7 cm³/mol. The molecule has 6 nitrogen and oxygen atoms in total. The molecule has 2 aromatic rings. The van der Waals surface area contributed by atoms with Crippen molar-refractivity contribution in [2.75, 3.05) is 11.9 Å². The number of hydrogen-bond acceptors (Lipinski definition) is 5. The molecule has 2 N–H and O–H groups in total. The minimum atomic E-state index is 0.410. The number of nitrogens with zero attached hydrogens (tertiary/aromatic N) is 4. The highest BCUT2D eigenvalue weighted by Gasteiger charge is 2.02. The highest BCUT2D eigenvalue weighted by molar-refractivity contribution is 5.35. The Balaban J connectivity index is 1.88. The molecule has 0 aliphatic carbocycles. The maximum atomic E-state index is 4.22. The van der Waals surface area contributed by atoms with Gasteiger partial charge in [0, 0.05) is 24.7 Å². The second kappa shape index (κ2) is 5.38. The topological polar surface area (TPSA) is 79.4 Å². The van der Waals surface area contributed by atoms with Crippen molar-refractivity contribution < 1.29 is 0 Å². The predicted octanol–water partition coefficient (Wildman–Crippen LogP) is 1.37. The molecular weight excluding hydrogens is 216 g/mol. The summed E-state index contributed by atoms with van der Waals surface area (Å²) in [7, 11) is 0. The summed E-state index contributed by atoms with van der Waals surface area (Å²) in [4.78, 5) is 12.4. The van der Waals surface area contributed by atoms with Gasteiger partial charge in [0.05, 0.1) is 0 Å². The first-order valence-corrected chi connectivity index (χ1v) is 5.66. The van der Waals surface area contributed by atoms with E-state index in [4.69, 9.17) is 0 Å². The molecule has 0 aliphatic rings. The largest absolute Gasteiger partial charge is 0.370 e. The van der Waals surface area contributed by atoms with Crippen molar-refractivity contribution >= 4 is 5.82 Å². The second-order valence-electron chi connectivity index (χ2n) is 4.09. The van der Waals surface area contributed by atoms with Gasteiger partial charge >= 0.3 is 0 Å². The van der Waals surface area contributed by atoms with Crippen molar-refractivity contribution in [3.05, 3.63) is 30.2 Å². The van der Waals surface area contributed by atoms with Gasteiger partial charge in [-0.15, -0.1) is 0 Å². The molecule has 2 heterocycles. The molecule has 17 heavy (non-hydrogen) atoms. The van der Waals surface area contributed by atoms with E-state index >= 15 is 0 Å². The number of aromatic amines is 1. The molecule has 0 fully saturated rings. The fourth-order valence-corrected chi connectivity index (χ4v) is 1.44. The Kier molecular flexibility index (Phi) is 3.64. The van der Waals surface area contributed by atoms with E-state index in [0.717, 1.165) is 30.3 Å². The van der Waals surface area contributed by atoms with Gasteiger partial charge in [0.2, 0.25) is 0 Å². The Morgan fingerprint density at radius 1 is 1.24 bits per heavy atom. The lowest BCUT2D eigenvalue weighted by atomic mass is 10.1. The third-order valence-corrected chi connectivity index (χ3v) is 2.41. The highest BCUT2D eigenvalue weighted by atomic mass is 15.2. The Hall–Kier alpha value is -1.98. The third kappa shape index (κ3) is 3.24. The molecule has 0 saturated heterocycles. The zero-order valence-corrected chi connectivity index (χ0v) is 10.0. The maximum Gasteiger partial charge on any atom is 0.137 e. The summed E-state index contributed by atoms with van der Waals surface area (Å²) in [5.74, 6) is 2.13. The van der Waals surface area contributed by atoms with Crippen molar-refractivity contribution in [3.8, 4) is 0 Å². The minimum absolute atomic E-state index is 0.410. The molecular formula is C11H16N6. The van der Waals surface area contributed by atoms with E-state index in [1.165, 1.54) is 6.33 Å². The van der Waals surface area contributed by atoms with E-state index in [2.05, 4.69) is 44.3 Å². The molecule has 6 heteroatoms. The quantitative estimate of drug-likeness (QED) is 0.814. The highest BCUT2D eigenvalue weighted by Crippen LogP contribution is 2.13. The van der Waals surface area contributed by atoms with Crippen molar-refractivity contribution in [1.29, 1.82) is 0 Å². The first-order chi connectivity index (χ1) is 8.25. The molecule has 90 valence electrons. The molecule has 0 unspecified atom stereocenters. The average molecular weight is 232 g/mol. The maximum absolute atomic E-state index is 4.22. The van der Waals surface area contributed by atoms with Gasteiger partial charge < -0.3 is 5.32 Å². The molecule has 0 aromatic carbocycles. The summed E-state index contributed by atoms with van der Waals surface area (Å²) in [5, 5.41) is 9.85. The summed E-state index contributed by atoms with van der Waals surface area (Å²) in [6.07, 6.45) is 3.89. The molecule has 0 bridgehead atoms. The van der Waals surface area contributed by atoms with Crippen LogP contribution in [0.2, 0.25) is 0 Å². The molecule has 2 aromatic heterocycles. The lowest BCUT2D eigenvalue weighted by Crippen LogP contribution is -2.08. The van der Waals surface area contributed by atoms with Gasteiger partial charge in [0.25, 0.3) is 0 Å². The van der Waals surface area contributed by atoms with Gasteiger partial charge in [-0.1, -0.05) is 13.8 Å². The van der Waals surface area contributed by atoms with Crippen molar-refractivity contribution in [3.63, 3.8) is 0 Å². The van der Waals surface area contributed by atoms with Crippen LogP contribution in [0.25, 0.3) is 0 Å². The summed E-state index contributed by atoms with van der Waals surface area (Å²) in [5.41, 5.74) is 1.04. The van der Waals surface area contributed by atoms with Gasteiger partial charge in [0.15, 0.2) is 0 Å². The molecule has 2 rings (SSSR count). The molecule has 0 amide bonds. The number of H-pyrrole nitrogens is 1. The van der Waals surface area contributed by atoms with Crippen LogP contribution in [0.1, 0.15) is 31.3 Å². The Morgan fingerprint density at radius 2 is 2.12 bits per heavy atom. The summed E-state index contributed by atoms with van der Waals surface area (Å²) in [6.45, 7) is 4.99. The number of nitrogens with one attached hydrogen (secondary N) is 2. The van der Waals surface area contributed by atoms with Crippen LogP contribution < -0.4 is 5.32 Å². The molecule has 0 aliphatic heterocycles. The monoisotopic (exact) mass is 232 g/mol. The normalized spacial score (nSPS) is 10.8. The van der Waals surface area contributed by atoms with Gasteiger partial charge in [-0.2, -0.15) is 5.10 Å². The smallest absolute Gasteiger partial charge is 0.137 e. The third-order valence-electron chi connectivity index (χ3n) is 2.41. The van der Waals surface area contributed by atoms with Crippen molar-refractivity contribution in [2.45, 2.75) is 26.2 Å². The number of rotatable bonds is 5. The van der Waals surface area contributed by atoms with E-state index in [9.17, 15) is 0 Å². The first kappa shape index (κ1) is 11.5. The van der Waals surface area contributed by atoms with Crippen LogP contribution in [0.15, 0.2) is 18.7 Å². The fraction of sp³-hybridized carbons (Fsp3) is 0.455. The average Bonchev–Trinajstić information content (AvgIpc) is 2.82. The van der Waals surface area contributed by atoms with Crippen LogP contribution in [0, 0.1) is 0 Å². The zero-order chi connectivity index (χ0) is 12.1. The first-order valence-electron chi connectivity index (χ1n) is 5.66. The molecule has 0 spiro atoms. The Morgan fingerprint density at radius 3 is 2.82 bits per heavy atom. The van der Waals surface area contributed by atoms with Gasteiger partial charge in [-0.05, 0) is 5.92 Å². The molecule has 0 atom stereocenters.